The molecule has 0 bridgehead atoms. The summed E-state index contributed by atoms with van der Waals surface area (Å²) >= 11 is 2.76. The Kier molecular flexibility index (Phi) is 6.90. The Morgan fingerprint density at radius 1 is 1.47 bits per heavy atom. The number of aliphatic carboxylic acids is 1. The van der Waals surface area contributed by atoms with Crippen LogP contribution in [-0.4, -0.2) is 54.0 Å². The number of thiophene rings is 1. The van der Waals surface area contributed by atoms with Crippen LogP contribution in [0.3, 0.4) is 0 Å². The number of carbonyl (C=O) groups is 2. The molecule has 0 aliphatic heterocycles. The summed E-state index contributed by atoms with van der Waals surface area (Å²) in [5.74, 6) is -0.899. The van der Waals surface area contributed by atoms with E-state index in [0.29, 0.717) is 6.54 Å². The van der Waals surface area contributed by atoms with Crippen molar-refractivity contribution in [3.8, 4) is 0 Å². The molecule has 5 nitrogen and oxygen atoms in total. The topological polar surface area (TPSA) is 69.6 Å². The zero-order valence-corrected chi connectivity index (χ0v) is 12.6. The summed E-state index contributed by atoms with van der Waals surface area (Å²) < 4.78 is 0. The third-order valence-electron chi connectivity index (χ3n) is 2.45. The van der Waals surface area contributed by atoms with Crippen LogP contribution in [0.25, 0.3) is 0 Å². The Morgan fingerprint density at radius 3 is 2.74 bits per heavy atom. The summed E-state index contributed by atoms with van der Waals surface area (Å²) in [6, 6.07) is 4.18. The van der Waals surface area contributed by atoms with E-state index in [-0.39, 0.29) is 23.5 Å². The Balaban J connectivity index is 2.36. The maximum atomic E-state index is 11.6. The lowest BCUT2D eigenvalue weighted by molar-refractivity contribution is -0.133. The van der Waals surface area contributed by atoms with E-state index >= 15 is 0 Å². The van der Waals surface area contributed by atoms with Crippen molar-refractivity contribution < 1.29 is 14.7 Å². The van der Waals surface area contributed by atoms with Gasteiger partial charge in [-0.1, -0.05) is 6.07 Å². The number of nitrogens with zero attached hydrogens (tertiary/aromatic N) is 1. The number of carboxylic acid groups (broad SMARTS) is 1. The molecule has 0 spiro atoms. The number of hydrogen-bond donors (Lipinski definition) is 2. The van der Waals surface area contributed by atoms with Crippen molar-refractivity contribution in [2.24, 2.45) is 0 Å². The maximum Gasteiger partial charge on any atom is 0.313 e. The molecule has 0 aliphatic carbocycles. The number of carbonyl (C=O) groups excluding carboxylic acids is 1. The molecule has 1 rings (SSSR count). The molecule has 7 heteroatoms. The highest BCUT2D eigenvalue weighted by Crippen LogP contribution is 2.22. The van der Waals surface area contributed by atoms with Crippen LogP contribution in [0.5, 0.6) is 0 Å². The molecule has 1 aromatic heterocycles. The van der Waals surface area contributed by atoms with Gasteiger partial charge >= 0.3 is 5.97 Å². The monoisotopic (exact) mass is 302 g/mol. The van der Waals surface area contributed by atoms with Crippen molar-refractivity contribution in [1.29, 1.82) is 0 Å². The fourth-order valence-electron chi connectivity index (χ4n) is 1.51. The van der Waals surface area contributed by atoms with Gasteiger partial charge in [-0.25, -0.2) is 0 Å². The zero-order chi connectivity index (χ0) is 14.3. The number of hydrogen-bond acceptors (Lipinski definition) is 5. The predicted molar refractivity (Wildman–Crippen MR) is 78.7 cm³/mol. The summed E-state index contributed by atoms with van der Waals surface area (Å²) in [5.41, 5.74) is 0. The molecule has 0 aromatic carbocycles. The summed E-state index contributed by atoms with van der Waals surface area (Å²) in [5, 5.41) is 13.3. The van der Waals surface area contributed by atoms with E-state index < -0.39 is 5.97 Å². The van der Waals surface area contributed by atoms with E-state index in [2.05, 4.69) is 10.2 Å². The smallest absolute Gasteiger partial charge is 0.313 e. The largest absolute Gasteiger partial charge is 0.481 e. The van der Waals surface area contributed by atoms with Crippen molar-refractivity contribution in [1.82, 2.24) is 10.2 Å². The first-order valence-corrected chi connectivity index (χ1v) is 7.80. The van der Waals surface area contributed by atoms with Gasteiger partial charge in [0.25, 0.3) is 0 Å². The normalized spacial score (nSPS) is 12.4. The highest BCUT2D eigenvalue weighted by molar-refractivity contribution is 8.00. The molecule has 1 atom stereocenters. The van der Waals surface area contributed by atoms with Crippen molar-refractivity contribution in [3.63, 3.8) is 0 Å². The van der Waals surface area contributed by atoms with Crippen LogP contribution >= 0.6 is 23.1 Å². The molecule has 0 aliphatic rings. The highest BCUT2D eigenvalue weighted by atomic mass is 32.2. The van der Waals surface area contributed by atoms with Crippen LogP contribution < -0.4 is 5.32 Å². The van der Waals surface area contributed by atoms with Gasteiger partial charge in [-0.3, -0.25) is 9.59 Å². The third kappa shape index (κ3) is 6.09. The molecule has 1 heterocycles. The quantitative estimate of drug-likeness (QED) is 0.757. The Labute approximate surface area is 121 Å². The van der Waals surface area contributed by atoms with E-state index in [1.807, 2.05) is 31.6 Å². The lowest BCUT2D eigenvalue weighted by Crippen LogP contribution is -2.35. The molecule has 19 heavy (non-hydrogen) atoms. The average molecular weight is 302 g/mol. The molecular weight excluding hydrogens is 284 g/mol. The minimum atomic E-state index is -0.900. The molecule has 0 saturated carbocycles. The minimum Gasteiger partial charge on any atom is -0.481 e. The molecule has 0 saturated heterocycles. The fourth-order valence-corrected chi connectivity index (χ4v) is 3.00. The summed E-state index contributed by atoms with van der Waals surface area (Å²) in [6.45, 7) is 0.528. The van der Waals surface area contributed by atoms with Gasteiger partial charge < -0.3 is 15.3 Å². The lowest BCUT2D eigenvalue weighted by atomic mass is 10.2. The Morgan fingerprint density at radius 2 is 2.21 bits per heavy atom. The van der Waals surface area contributed by atoms with E-state index in [0.717, 1.165) is 11.8 Å². The zero-order valence-electron chi connectivity index (χ0n) is 11.0. The van der Waals surface area contributed by atoms with Crippen molar-refractivity contribution in [2.75, 3.05) is 32.1 Å². The number of carboxylic acids is 1. The Bertz CT molecular complexity index is 407. The van der Waals surface area contributed by atoms with E-state index in [9.17, 15) is 9.59 Å². The second-order valence-electron chi connectivity index (χ2n) is 4.19. The molecule has 0 fully saturated rings. The molecule has 2 N–H and O–H groups in total. The van der Waals surface area contributed by atoms with Crippen LogP contribution in [0.1, 0.15) is 10.9 Å². The summed E-state index contributed by atoms with van der Waals surface area (Å²) in [4.78, 5) is 25.2. The minimum absolute atomic E-state index is 0.0462. The molecule has 0 radical (unpaired) electrons. The molecular formula is C12H18N2O3S2. The van der Waals surface area contributed by atoms with Gasteiger partial charge in [0.2, 0.25) is 5.91 Å². The lowest BCUT2D eigenvalue weighted by Gasteiger charge is -2.23. The fraction of sp³-hybridized carbons (Fsp3) is 0.500. The van der Waals surface area contributed by atoms with Crippen molar-refractivity contribution in [2.45, 2.75) is 6.04 Å². The Hall–Kier alpha value is -1.05. The molecule has 1 amide bonds. The number of likely N-dealkylation sites (N-methyl/N-ethyl adjacent to an activating group) is 1. The molecule has 1 unspecified atom stereocenters. The van der Waals surface area contributed by atoms with Crippen LogP contribution in [0.4, 0.5) is 0 Å². The number of rotatable bonds is 8. The van der Waals surface area contributed by atoms with Gasteiger partial charge in [0, 0.05) is 11.4 Å². The first-order chi connectivity index (χ1) is 9.00. The van der Waals surface area contributed by atoms with Gasteiger partial charge in [-0.15, -0.1) is 23.1 Å². The third-order valence-corrected chi connectivity index (χ3v) is 4.34. The first-order valence-electron chi connectivity index (χ1n) is 5.76. The van der Waals surface area contributed by atoms with Gasteiger partial charge in [0.15, 0.2) is 0 Å². The van der Waals surface area contributed by atoms with Gasteiger partial charge in [0.05, 0.1) is 17.5 Å². The van der Waals surface area contributed by atoms with Crippen molar-refractivity contribution in [3.05, 3.63) is 22.4 Å². The van der Waals surface area contributed by atoms with E-state index in [1.165, 1.54) is 4.88 Å². The van der Waals surface area contributed by atoms with Gasteiger partial charge in [-0.2, -0.15) is 0 Å². The SMILES string of the molecule is CN(C)C(CNC(=O)CSCC(=O)O)c1cccs1. The van der Waals surface area contributed by atoms with Crippen molar-refractivity contribution >= 4 is 35.0 Å². The second-order valence-corrected chi connectivity index (χ2v) is 6.15. The standard InChI is InChI=1S/C12H18N2O3S2/c1-14(2)9(10-4-3-5-19-10)6-13-11(15)7-18-8-12(16)17/h3-5,9H,6-8H2,1-2H3,(H,13,15)(H,16,17). The van der Waals surface area contributed by atoms with Gasteiger partial charge in [-0.05, 0) is 25.5 Å². The number of amides is 1. The summed E-state index contributed by atoms with van der Waals surface area (Å²) in [6.07, 6.45) is 0. The van der Waals surface area contributed by atoms with Crippen LogP contribution in [0, 0.1) is 0 Å². The van der Waals surface area contributed by atoms with E-state index in [1.54, 1.807) is 11.3 Å². The number of thioether (sulfide) groups is 1. The summed E-state index contributed by atoms with van der Waals surface area (Å²) in [7, 11) is 3.94. The van der Waals surface area contributed by atoms with Crippen LogP contribution in [0.15, 0.2) is 17.5 Å². The number of nitrogens with one attached hydrogen (secondary N) is 1. The van der Waals surface area contributed by atoms with Crippen LogP contribution in [-0.2, 0) is 9.59 Å². The first kappa shape index (κ1) is 16.0. The average Bonchev–Trinajstić information content (AvgIpc) is 2.82. The second kappa shape index (κ2) is 8.19. The predicted octanol–water partition coefficient (Wildman–Crippen LogP) is 1.28. The maximum absolute atomic E-state index is 11.6. The van der Waals surface area contributed by atoms with E-state index in [4.69, 9.17) is 5.11 Å². The van der Waals surface area contributed by atoms with Crippen LogP contribution in [0.2, 0.25) is 0 Å². The molecule has 106 valence electrons. The van der Waals surface area contributed by atoms with Gasteiger partial charge in [0.1, 0.15) is 0 Å². The highest BCUT2D eigenvalue weighted by Gasteiger charge is 2.16. The molecule has 1 aromatic rings.